The third kappa shape index (κ3) is 6.18. The first-order valence-corrected chi connectivity index (χ1v) is 10.5. The van der Waals surface area contributed by atoms with E-state index in [2.05, 4.69) is 71.4 Å². The minimum absolute atomic E-state index is 0.0767. The van der Waals surface area contributed by atoms with Gasteiger partial charge in [-0.2, -0.15) is 0 Å². The van der Waals surface area contributed by atoms with Crippen LogP contribution in [-0.4, -0.2) is 48.4 Å². The van der Waals surface area contributed by atoms with Gasteiger partial charge in [-0.25, -0.2) is 0 Å². The van der Waals surface area contributed by atoms with Gasteiger partial charge in [0, 0.05) is 25.3 Å². The third-order valence-electron chi connectivity index (χ3n) is 5.67. The summed E-state index contributed by atoms with van der Waals surface area (Å²) < 4.78 is 0. The van der Waals surface area contributed by atoms with Crippen LogP contribution >= 0.6 is 0 Å². The molecule has 28 heavy (non-hydrogen) atoms. The lowest BCUT2D eigenvalue weighted by Gasteiger charge is -2.21. The highest BCUT2D eigenvalue weighted by Gasteiger charge is 2.17. The van der Waals surface area contributed by atoms with E-state index in [0.29, 0.717) is 12.5 Å². The number of nitrogens with one attached hydrogen (secondary N) is 1. The Morgan fingerprint density at radius 2 is 1.64 bits per heavy atom. The number of hydrogen-bond donors (Lipinski definition) is 1. The van der Waals surface area contributed by atoms with E-state index in [0.717, 1.165) is 51.3 Å². The van der Waals surface area contributed by atoms with E-state index in [1.165, 1.54) is 11.1 Å². The van der Waals surface area contributed by atoms with Crippen molar-refractivity contribution in [2.45, 2.75) is 39.2 Å². The summed E-state index contributed by atoms with van der Waals surface area (Å²) in [4.78, 5) is 17.2. The van der Waals surface area contributed by atoms with Gasteiger partial charge in [0.25, 0.3) is 0 Å². The second kappa shape index (κ2) is 10.4. The van der Waals surface area contributed by atoms with Crippen LogP contribution in [0.25, 0.3) is 0 Å². The van der Waals surface area contributed by atoms with Gasteiger partial charge in [0.1, 0.15) is 0 Å². The average molecular weight is 380 g/mol. The number of carbonyl (C=O) groups is 1. The first-order chi connectivity index (χ1) is 13.6. The van der Waals surface area contributed by atoms with Gasteiger partial charge in [-0.3, -0.25) is 14.6 Å². The van der Waals surface area contributed by atoms with Gasteiger partial charge in [0.2, 0.25) is 5.91 Å². The van der Waals surface area contributed by atoms with Gasteiger partial charge >= 0.3 is 0 Å². The zero-order valence-electron chi connectivity index (χ0n) is 17.2. The van der Waals surface area contributed by atoms with E-state index in [1.54, 1.807) is 0 Å². The smallest absolute Gasteiger partial charge is 0.238 e. The number of anilines is 1. The lowest BCUT2D eigenvalue weighted by Crippen LogP contribution is -2.36. The standard InChI is InChI=1S/C24H33N3O/c1-3-20(2)22-10-12-23(13-11-22)25-24(28)19-27-15-7-14-26(16-17-27)18-21-8-5-4-6-9-21/h4-6,8-13,20H,3,7,14-19H2,1-2H3,(H,25,28). The van der Waals surface area contributed by atoms with Crippen molar-refractivity contribution in [1.29, 1.82) is 0 Å². The molecular weight excluding hydrogens is 346 g/mol. The maximum absolute atomic E-state index is 12.5. The molecule has 1 atom stereocenters. The Hall–Kier alpha value is -2.17. The highest BCUT2D eigenvalue weighted by atomic mass is 16.2. The molecule has 0 bridgehead atoms. The van der Waals surface area contributed by atoms with Crippen molar-refractivity contribution in [1.82, 2.24) is 9.80 Å². The number of nitrogens with zero attached hydrogens (tertiary/aromatic N) is 2. The largest absolute Gasteiger partial charge is 0.325 e. The van der Waals surface area contributed by atoms with Crippen LogP contribution in [0, 0.1) is 0 Å². The average Bonchev–Trinajstić information content (AvgIpc) is 2.93. The summed E-state index contributed by atoms with van der Waals surface area (Å²) in [6.45, 7) is 9.89. The minimum atomic E-state index is 0.0767. The summed E-state index contributed by atoms with van der Waals surface area (Å²) >= 11 is 0. The number of benzene rings is 2. The molecule has 150 valence electrons. The number of rotatable bonds is 7. The molecule has 1 saturated heterocycles. The fourth-order valence-corrected chi connectivity index (χ4v) is 3.72. The summed E-state index contributed by atoms with van der Waals surface area (Å²) in [5.41, 5.74) is 3.57. The van der Waals surface area contributed by atoms with Crippen LogP contribution in [0.4, 0.5) is 5.69 Å². The van der Waals surface area contributed by atoms with Crippen molar-refractivity contribution in [2.75, 3.05) is 38.0 Å². The van der Waals surface area contributed by atoms with Crippen molar-refractivity contribution < 1.29 is 4.79 Å². The van der Waals surface area contributed by atoms with E-state index >= 15 is 0 Å². The molecule has 4 heteroatoms. The predicted octanol–water partition coefficient (Wildman–Crippen LogP) is 4.35. The van der Waals surface area contributed by atoms with Crippen molar-refractivity contribution in [3.05, 3.63) is 65.7 Å². The summed E-state index contributed by atoms with van der Waals surface area (Å²) in [7, 11) is 0. The van der Waals surface area contributed by atoms with Crippen LogP contribution < -0.4 is 5.32 Å². The minimum Gasteiger partial charge on any atom is -0.325 e. The third-order valence-corrected chi connectivity index (χ3v) is 5.67. The van der Waals surface area contributed by atoms with Gasteiger partial charge in [-0.05, 0) is 55.1 Å². The molecule has 0 radical (unpaired) electrons. The molecule has 0 aliphatic carbocycles. The highest BCUT2D eigenvalue weighted by Crippen LogP contribution is 2.20. The van der Waals surface area contributed by atoms with E-state index in [9.17, 15) is 4.79 Å². The van der Waals surface area contributed by atoms with Gasteiger partial charge in [-0.1, -0.05) is 56.3 Å². The fourth-order valence-electron chi connectivity index (χ4n) is 3.72. The van der Waals surface area contributed by atoms with Crippen LogP contribution in [0.1, 0.15) is 43.7 Å². The Balaban J connectivity index is 1.45. The molecule has 0 aromatic heterocycles. The molecule has 1 unspecified atom stereocenters. The number of hydrogen-bond acceptors (Lipinski definition) is 3. The van der Waals surface area contributed by atoms with E-state index in [4.69, 9.17) is 0 Å². The first kappa shape index (κ1) is 20.6. The zero-order valence-corrected chi connectivity index (χ0v) is 17.2. The second-order valence-corrected chi connectivity index (χ2v) is 7.87. The number of carbonyl (C=O) groups excluding carboxylic acids is 1. The molecule has 1 aliphatic heterocycles. The maximum atomic E-state index is 12.5. The van der Waals surface area contributed by atoms with Crippen molar-refractivity contribution in [2.24, 2.45) is 0 Å². The maximum Gasteiger partial charge on any atom is 0.238 e. The molecular formula is C24H33N3O. The Labute approximate surface area is 169 Å². The second-order valence-electron chi connectivity index (χ2n) is 7.87. The zero-order chi connectivity index (χ0) is 19.8. The highest BCUT2D eigenvalue weighted by molar-refractivity contribution is 5.92. The molecule has 1 aliphatic rings. The van der Waals surface area contributed by atoms with Crippen LogP contribution in [-0.2, 0) is 11.3 Å². The molecule has 2 aromatic rings. The SMILES string of the molecule is CCC(C)c1ccc(NC(=O)CN2CCCN(Cc3ccccc3)CC2)cc1. The van der Waals surface area contributed by atoms with Crippen LogP contribution in [0.3, 0.4) is 0 Å². The molecule has 2 aromatic carbocycles. The van der Waals surface area contributed by atoms with E-state index in [-0.39, 0.29) is 5.91 Å². The van der Waals surface area contributed by atoms with Gasteiger partial charge in [0.05, 0.1) is 6.54 Å². The molecule has 1 N–H and O–H groups in total. The Kier molecular flexibility index (Phi) is 7.63. The first-order valence-electron chi connectivity index (χ1n) is 10.5. The number of amides is 1. The molecule has 0 spiro atoms. The van der Waals surface area contributed by atoms with Gasteiger partial charge < -0.3 is 5.32 Å². The quantitative estimate of drug-likeness (QED) is 0.777. The molecule has 1 amide bonds. The van der Waals surface area contributed by atoms with Crippen molar-refractivity contribution in [3.63, 3.8) is 0 Å². The van der Waals surface area contributed by atoms with Crippen LogP contribution in [0.2, 0.25) is 0 Å². The van der Waals surface area contributed by atoms with Crippen molar-refractivity contribution >= 4 is 11.6 Å². The van der Waals surface area contributed by atoms with Crippen molar-refractivity contribution in [3.8, 4) is 0 Å². The van der Waals surface area contributed by atoms with Crippen LogP contribution in [0.5, 0.6) is 0 Å². The summed E-state index contributed by atoms with van der Waals surface area (Å²) in [5.74, 6) is 0.633. The molecule has 4 nitrogen and oxygen atoms in total. The molecule has 1 fully saturated rings. The van der Waals surface area contributed by atoms with E-state index < -0.39 is 0 Å². The van der Waals surface area contributed by atoms with E-state index in [1.807, 2.05) is 12.1 Å². The molecule has 0 saturated carbocycles. The summed E-state index contributed by atoms with van der Waals surface area (Å²) in [6.07, 6.45) is 2.23. The lowest BCUT2D eigenvalue weighted by molar-refractivity contribution is -0.117. The van der Waals surface area contributed by atoms with Gasteiger partial charge in [-0.15, -0.1) is 0 Å². The fraction of sp³-hybridized carbons (Fsp3) is 0.458. The Morgan fingerprint density at radius 3 is 2.36 bits per heavy atom. The molecule has 1 heterocycles. The Bertz CT molecular complexity index is 729. The monoisotopic (exact) mass is 379 g/mol. The van der Waals surface area contributed by atoms with Gasteiger partial charge in [0.15, 0.2) is 0 Å². The topological polar surface area (TPSA) is 35.6 Å². The molecule has 3 rings (SSSR count). The van der Waals surface area contributed by atoms with Crippen LogP contribution in [0.15, 0.2) is 54.6 Å². The summed E-state index contributed by atoms with van der Waals surface area (Å²) in [6, 6.07) is 18.9. The Morgan fingerprint density at radius 1 is 0.964 bits per heavy atom. The normalized spacial score (nSPS) is 17.1. The summed E-state index contributed by atoms with van der Waals surface area (Å²) in [5, 5.41) is 3.05. The lowest BCUT2D eigenvalue weighted by atomic mass is 9.99. The predicted molar refractivity (Wildman–Crippen MR) is 117 cm³/mol.